The van der Waals surface area contributed by atoms with Crippen LogP contribution in [0, 0.1) is 11.3 Å². The molecule has 5 nitrogen and oxygen atoms in total. The summed E-state index contributed by atoms with van der Waals surface area (Å²) in [5.74, 6) is 0.128. The van der Waals surface area contributed by atoms with Crippen molar-refractivity contribution in [2.24, 2.45) is 0 Å². The van der Waals surface area contributed by atoms with E-state index in [-0.39, 0.29) is 5.91 Å². The fourth-order valence-electron chi connectivity index (χ4n) is 2.81. The number of carbonyl (C=O) groups is 1. The summed E-state index contributed by atoms with van der Waals surface area (Å²) in [5.41, 5.74) is 0. The first-order chi connectivity index (χ1) is 8.69. The van der Waals surface area contributed by atoms with Crippen LogP contribution in [0.2, 0.25) is 0 Å². The van der Waals surface area contributed by atoms with E-state index in [0.29, 0.717) is 31.6 Å². The molecule has 5 heteroatoms. The van der Waals surface area contributed by atoms with Gasteiger partial charge in [0, 0.05) is 38.8 Å². The Morgan fingerprint density at radius 1 is 1.44 bits per heavy atom. The maximum Gasteiger partial charge on any atom is 0.236 e. The summed E-state index contributed by atoms with van der Waals surface area (Å²) in [4.78, 5) is 15.9. The van der Waals surface area contributed by atoms with Gasteiger partial charge in [0.2, 0.25) is 5.91 Å². The molecule has 2 rings (SSSR count). The number of amides is 1. The standard InChI is InChI=1S/C13H22N4O/c1-16(7-2-6-14)13(18)10-17-8-5-11-3-4-12(9-17)15-11/h11-12,15H,2-5,7-10H2,1H3. The normalized spacial score (nSPS) is 27.6. The van der Waals surface area contributed by atoms with Crippen molar-refractivity contribution in [3.63, 3.8) is 0 Å². The number of hydrogen-bond donors (Lipinski definition) is 1. The van der Waals surface area contributed by atoms with E-state index in [2.05, 4.69) is 16.3 Å². The largest absolute Gasteiger partial charge is 0.344 e. The second kappa shape index (κ2) is 6.17. The molecule has 0 radical (unpaired) electrons. The van der Waals surface area contributed by atoms with Crippen molar-refractivity contribution in [3.05, 3.63) is 0 Å². The molecule has 0 aliphatic carbocycles. The molecule has 0 aromatic rings. The molecular formula is C13H22N4O. The Labute approximate surface area is 109 Å². The zero-order valence-electron chi connectivity index (χ0n) is 11.1. The third kappa shape index (κ3) is 3.44. The van der Waals surface area contributed by atoms with E-state index >= 15 is 0 Å². The van der Waals surface area contributed by atoms with E-state index in [9.17, 15) is 4.79 Å². The van der Waals surface area contributed by atoms with Gasteiger partial charge in [-0.15, -0.1) is 0 Å². The molecule has 2 aliphatic heterocycles. The van der Waals surface area contributed by atoms with Crippen LogP contribution in [-0.2, 0) is 4.79 Å². The van der Waals surface area contributed by atoms with Gasteiger partial charge in [0.25, 0.3) is 0 Å². The molecule has 2 aliphatic rings. The van der Waals surface area contributed by atoms with Crippen molar-refractivity contribution in [2.75, 3.05) is 33.2 Å². The number of carbonyl (C=O) groups excluding carboxylic acids is 1. The van der Waals surface area contributed by atoms with Crippen LogP contribution in [0.1, 0.15) is 25.7 Å². The Morgan fingerprint density at radius 3 is 3.00 bits per heavy atom. The van der Waals surface area contributed by atoms with Crippen LogP contribution < -0.4 is 5.32 Å². The maximum absolute atomic E-state index is 12.0. The Morgan fingerprint density at radius 2 is 2.22 bits per heavy atom. The van der Waals surface area contributed by atoms with Gasteiger partial charge in [-0.05, 0) is 19.3 Å². The number of nitrogens with zero attached hydrogens (tertiary/aromatic N) is 3. The Kier molecular flexibility index (Phi) is 4.56. The van der Waals surface area contributed by atoms with Gasteiger partial charge in [0.1, 0.15) is 0 Å². The van der Waals surface area contributed by atoms with Crippen molar-refractivity contribution >= 4 is 5.91 Å². The molecule has 2 bridgehead atoms. The molecule has 0 aromatic heterocycles. The molecule has 2 heterocycles. The van der Waals surface area contributed by atoms with Gasteiger partial charge < -0.3 is 10.2 Å². The highest BCUT2D eigenvalue weighted by Crippen LogP contribution is 2.20. The number of hydrogen-bond acceptors (Lipinski definition) is 4. The first kappa shape index (κ1) is 13.3. The van der Waals surface area contributed by atoms with Crippen molar-refractivity contribution in [2.45, 2.75) is 37.8 Å². The monoisotopic (exact) mass is 250 g/mol. The Bertz CT molecular complexity index is 338. The quantitative estimate of drug-likeness (QED) is 0.773. The van der Waals surface area contributed by atoms with Crippen LogP contribution in [0.5, 0.6) is 0 Å². The lowest BCUT2D eigenvalue weighted by Crippen LogP contribution is -2.42. The van der Waals surface area contributed by atoms with Crippen molar-refractivity contribution in [1.82, 2.24) is 15.1 Å². The van der Waals surface area contributed by atoms with E-state index in [1.165, 1.54) is 12.8 Å². The highest BCUT2D eigenvalue weighted by molar-refractivity contribution is 5.78. The van der Waals surface area contributed by atoms with E-state index < -0.39 is 0 Å². The number of nitriles is 1. The molecule has 1 N–H and O–H groups in total. The van der Waals surface area contributed by atoms with Crippen molar-refractivity contribution < 1.29 is 4.79 Å². The van der Waals surface area contributed by atoms with Crippen LogP contribution in [0.15, 0.2) is 0 Å². The van der Waals surface area contributed by atoms with E-state index in [1.807, 2.05) is 0 Å². The van der Waals surface area contributed by atoms with Gasteiger partial charge >= 0.3 is 0 Å². The zero-order chi connectivity index (χ0) is 13.0. The molecular weight excluding hydrogens is 228 g/mol. The molecule has 0 aromatic carbocycles. The summed E-state index contributed by atoms with van der Waals surface area (Å²) < 4.78 is 0. The first-order valence-corrected chi connectivity index (χ1v) is 6.78. The summed E-state index contributed by atoms with van der Waals surface area (Å²) in [7, 11) is 1.78. The molecule has 100 valence electrons. The maximum atomic E-state index is 12.0. The smallest absolute Gasteiger partial charge is 0.236 e. The lowest BCUT2D eigenvalue weighted by molar-refractivity contribution is -0.131. The highest BCUT2D eigenvalue weighted by atomic mass is 16.2. The molecule has 2 atom stereocenters. The van der Waals surface area contributed by atoms with Gasteiger partial charge in [0.05, 0.1) is 19.0 Å². The molecule has 1 amide bonds. The molecule has 0 spiro atoms. The van der Waals surface area contributed by atoms with Crippen LogP contribution in [0.3, 0.4) is 0 Å². The van der Waals surface area contributed by atoms with Gasteiger partial charge in [-0.1, -0.05) is 0 Å². The SMILES string of the molecule is CN(CCC#N)C(=O)CN1CCC2CCC(C1)N2. The lowest BCUT2D eigenvalue weighted by Gasteiger charge is -2.25. The lowest BCUT2D eigenvalue weighted by atomic mass is 10.1. The zero-order valence-corrected chi connectivity index (χ0v) is 11.1. The summed E-state index contributed by atoms with van der Waals surface area (Å²) in [6.07, 6.45) is 4.08. The average molecular weight is 250 g/mol. The van der Waals surface area contributed by atoms with Gasteiger partial charge in [-0.3, -0.25) is 9.69 Å². The fraction of sp³-hybridized carbons (Fsp3) is 0.846. The fourth-order valence-corrected chi connectivity index (χ4v) is 2.81. The minimum Gasteiger partial charge on any atom is -0.344 e. The minimum absolute atomic E-state index is 0.128. The topological polar surface area (TPSA) is 59.4 Å². The predicted octanol–water partition coefficient (Wildman–Crippen LogP) is 0.185. The average Bonchev–Trinajstić information content (AvgIpc) is 2.69. The third-order valence-electron chi connectivity index (χ3n) is 3.95. The predicted molar refractivity (Wildman–Crippen MR) is 68.9 cm³/mol. The second-order valence-electron chi connectivity index (χ2n) is 5.39. The van der Waals surface area contributed by atoms with E-state index in [1.54, 1.807) is 11.9 Å². The highest BCUT2D eigenvalue weighted by Gasteiger charge is 2.30. The summed E-state index contributed by atoms with van der Waals surface area (Å²) in [6.45, 7) is 3.01. The number of rotatable bonds is 4. The van der Waals surface area contributed by atoms with E-state index in [4.69, 9.17) is 5.26 Å². The van der Waals surface area contributed by atoms with Gasteiger partial charge in [-0.2, -0.15) is 5.26 Å². The number of nitrogens with one attached hydrogen (secondary N) is 1. The van der Waals surface area contributed by atoms with Gasteiger partial charge in [-0.25, -0.2) is 0 Å². The summed E-state index contributed by atoms with van der Waals surface area (Å²) >= 11 is 0. The van der Waals surface area contributed by atoms with Crippen molar-refractivity contribution in [3.8, 4) is 6.07 Å². The van der Waals surface area contributed by atoms with Gasteiger partial charge in [0.15, 0.2) is 0 Å². The van der Waals surface area contributed by atoms with Crippen LogP contribution in [0.4, 0.5) is 0 Å². The molecule has 2 fully saturated rings. The minimum atomic E-state index is 0.128. The number of likely N-dealkylation sites (N-methyl/N-ethyl adjacent to an activating group) is 1. The van der Waals surface area contributed by atoms with Crippen LogP contribution in [-0.4, -0.2) is 61.0 Å². The number of likely N-dealkylation sites (tertiary alicyclic amines) is 1. The van der Waals surface area contributed by atoms with Crippen molar-refractivity contribution in [1.29, 1.82) is 5.26 Å². The van der Waals surface area contributed by atoms with Crippen LogP contribution >= 0.6 is 0 Å². The second-order valence-corrected chi connectivity index (χ2v) is 5.39. The molecule has 18 heavy (non-hydrogen) atoms. The summed E-state index contributed by atoms with van der Waals surface area (Å²) in [5, 5.41) is 12.1. The Hall–Kier alpha value is -1.12. The first-order valence-electron chi connectivity index (χ1n) is 6.78. The van der Waals surface area contributed by atoms with Crippen LogP contribution in [0.25, 0.3) is 0 Å². The molecule has 2 saturated heterocycles. The number of fused-ring (bicyclic) bond motifs is 2. The molecule has 0 saturated carbocycles. The molecule has 2 unspecified atom stereocenters. The summed E-state index contributed by atoms with van der Waals surface area (Å²) in [6, 6.07) is 3.29. The van der Waals surface area contributed by atoms with E-state index in [0.717, 1.165) is 19.5 Å². The third-order valence-corrected chi connectivity index (χ3v) is 3.95. The Balaban J connectivity index is 1.78.